The number of aliphatic imine (C=N–C) groups is 2. The van der Waals surface area contributed by atoms with Crippen molar-refractivity contribution in [2.75, 3.05) is 19.6 Å². The van der Waals surface area contributed by atoms with Crippen LogP contribution in [0.25, 0.3) is 0 Å². The van der Waals surface area contributed by atoms with Crippen molar-refractivity contribution in [3.05, 3.63) is 12.2 Å². The van der Waals surface area contributed by atoms with Gasteiger partial charge in [0.1, 0.15) is 6.23 Å². The third-order valence-corrected chi connectivity index (χ3v) is 4.99. The van der Waals surface area contributed by atoms with E-state index in [0.717, 1.165) is 25.3 Å². The summed E-state index contributed by atoms with van der Waals surface area (Å²) < 4.78 is 0. The summed E-state index contributed by atoms with van der Waals surface area (Å²) >= 11 is 0. The summed E-state index contributed by atoms with van der Waals surface area (Å²) in [6.07, 6.45) is 21.5. The zero-order valence-electron chi connectivity index (χ0n) is 18.4. The maximum absolute atomic E-state index is 9.53. The number of nitrogens with zero attached hydrogens (tertiary/aromatic N) is 2. The average molecular weight is 393 g/mol. The van der Waals surface area contributed by atoms with E-state index in [-0.39, 0.29) is 0 Å². The first-order valence-corrected chi connectivity index (χ1v) is 11.7. The number of aliphatic hydroxyl groups is 1. The number of aliphatic hydroxyl groups excluding tert-OH is 1. The van der Waals surface area contributed by atoms with Crippen LogP contribution in [0.2, 0.25) is 0 Å². The molecule has 28 heavy (non-hydrogen) atoms. The van der Waals surface area contributed by atoms with Gasteiger partial charge in [0.2, 0.25) is 0 Å². The fraction of sp³-hybridized carbons (Fsp3) is 0.826. The Morgan fingerprint density at radius 3 is 2.18 bits per heavy atom. The molecule has 1 unspecified atom stereocenters. The lowest BCUT2D eigenvalue weighted by Gasteiger charge is -2.12. The second-order valence-corrected chi connectivity index (χ2v) is 7.82. The van der Waals surface area contributed by atoms with Crippen LogP contribution in [0.3, 0.4) is 0 Å². The zero-order chi connectivity index (χ0) is 20.3. The molecule has 0 aromatic carbocycles. The van der Waals surface area contributed by atoms with Crippen molar-refractivity contribution in [3.63, 3.8) is 0 Å². The summed E-state index contributed by atoms with van der Waals surface area (Å²) in [7, 11) is 0. The van der Waals surface area contributed by atoms with E-state index in [9.17, 15) is 5.11 Å². The summed E-state index contributed by atoms with van der Waals surface area (Å²) in [4.78, 5) is 8.87. The number of rotatable bonds is 17. The first-order valence-electron chi connectivity index (χ1n) is 11.7. The van der Waals surface area contributed by atoms with E-state index in [1.54, 1.807) is 6.92 Å². The van der Waals surface area contributed by atoms with Crippen LogP contribution < -0.4 is 10.6 Å². The van der Waals surface area contributed by atoms with Gasteiger partial charge >= 0.3 is 0 Å². The Morgan fingerprint density at radius 2 is 1.64 bits per heavy atom. The van der Waals surface area contributed by atoms with Crippen LogP contribution in [0.4, 0.5) is 0 Å². The van der Waals surface area contributed by atoms with Gasteiger partial charge in [-0.2, -0.15) is 0 Å². The minimum absolute atomic E-state index is 0.619. The molecule has 0 fully saturated rings. The van der Waals surface area contributed by atoms with E-state index >= 15 is 0 Å². The van der Waals surface area contributed by atoms with E-state index in [1.807, 2.05) is 0 Å². The van der Waals surface area contributed by atoms with Crippen molar-refractivity contribution in [1.82, 2.24) is 10.6 Å². The molecule has 0 amide bonds. The predicted octanol–water partition coefficient (Wildman–Crippen LogP) is 4.96. The normalized spacial score (nSPS) is 15.7. The van der Waals surface area contributed by atoms with Gasteiger partial charge in [-0.05, 0) is 19.8 Å². The standard InChI is InChI=1S/C23H44N4O/c1-3-4-5-6-7-8-9-10-11-12-13-14-15-16-17-18-24-23(27-21(2)28)22-25-19-20-26-22/h16-17,21,28H,3-15,18-20H2,1-2H3,(H,24,27)(H,25,26). The van der Waals surface area contributed by atoms with Gasteiger partial charge in [-0.3, -0.25) is 9.98 Å². The van der Waals surface area contributed by atoms with Gasteiger partial charge in [0, 0.05) is 6.54 Å². The molecule has 5 nitrogen and oxygen atoms in total. The van der Waals surface area contributed by atoms with Crippen molar-refractivity contribution >= 4 is 11.7 Å². The van der Waals surface area contributed by atoms with Gasteiger partial charge in [-0.1, -0.05) is 89.7 Å². The maximum atomic E-state index is 9.53. The van der Waals surface area contributed by atoms with Gasteiger partial charge in [0.25, 0.3) is 0 Å². The quantitative estimate of drug-likeness (QED) is 0.108. The molecule has 5 heteroatoms. The van der Waals surface area contributed by atoms with Gasteiger partial charge in [0.15, 0.2) is 11.7 Å². The Hall–Kier alpha value is -1.36. The van der Waals surface area contributed by atoms with Crippen LogP contribution in [-0.4, -0.2) is 42.6 Å². The van der Waals surface area contributed by atoms with Crippen LogP contribution in [0, 0.1) is 0 Å². The van der Waals surface area contributed by atoms with Crippen molar-refractivity contribution < 1.29 is 5.11 Å². The highest BCUT2D eigenvalue weighted by molar-refractivity contribution is 6.40. The number of unbranched alkanes of at least 4 members (excludes halogenated alkanes) is 12. The molecule has 0 aromatic rings. The lowest BCUT2D eigenvalue weighted by Crippen LogP contribution is -2.42. The molecule has 3 N–H and O–H groups in total. The van der Waals surface area contributed by atoms with Crippen LogP contribution >= 0.6 is 0 Å². The highest BCUT2D eigenvalue weighted by Gasteiger charge is 2.13. The largest absolute Gasteiger partial charge is 0.374 e. The number of nitrogens with one attached hydrogen (secondary N) is 2. The molecule has 0 saturated heterocycles. The second kappa shape index (κ2) is 17.7. The van der Waals surface area contributed by atoms with Crippen molar-refractivity contribution in [1.29, 1.82) is 0 Å². The first kappa shape index (κ1) is 24.7. The van der Waals surface area contributed by atoms with Crippen LogP contribution in [0.1, 0.15) is 97.3 Å². The van der Waals surface area contributed by atoms with Crippen molar-refractivity contribution in [2.24, 2.45) is 9.98 Å². The second-order valence-electron chi connectivity index (χ2n) is 7.82. The monoisotopic (exact) mass is 392 g/mol. The van der Waals surface area contributed by atoms with Gasteiger partial charge < -0.3 is 15.7 Å². The molecule has 0 aliphatic carbocycles. The van der Waals surface area contributed by atoms with Crippen LogP contribution in [0.15, 0.2) is 22.1 Å². The minimum atomic E-state index is -0.631. The number of hydrogen-bond donors (Lipinski definition) is 3. The van der Waals surface area contributed by atoms with E-state index in [1.165, 1.54) is 77.0 Å². The van der Waals surface area contributed by atoms with E-state index in [0.29, 0.717) is 12.4 Å². The summed E-state index contributed by atoms with van der Waals surface area (Å²) in [5, 5.41) is 15.7. The fourth-order valence-corrected chi connectivity index (χ4v) is 3.38. The average Bonchev–Trinajstić information content (AvgIpc) is 3.21. The fourth-order valence-electron chi connectivity index (χ4n) is 3.38. The zero-order valence-corrected chi connectivity index (χ0v) is 18.4. The molecule has 1 aliphatic rings. The molecule has 1 heterocycles. The molecule has 0 spiro atoms. The SMILES string of the molecule is CCCCCCCCCCCCCCC=CCN=C(NC(C)O)C1=NCCN1. The third-order valence-electron chi connectivity index (χ3n) is 4.99. The lowest BCUT2D eigenvalue weighted by atomic mass is 10.0. The molecular weight excluding hydrogens is 348 g/mol. The van der Waals surface area contributed by atoms with E-state index in [2.05, 4.69) is 39.7 Å². The van der Waals surface area contributed by atoms with Crippen LogP contribution in [-0.2, 0) is 0 Å². The predicted molar refractivity (Wildman–Crippen MR) is 122 cm³/mol. The summed E-state index contributed by atoms with van der Waals surface area (Å²) in [6.45, 7) is 6.19. The Kier molecular flexibility index (Phi) is 15.6. The van der Waals surface area contributed by atoms with Crippen LogP contribution in [0.5, 0.6) is 0 Å². The Balaban J connectivity index is 1.97. The number of allylic oxidation sites excluding steroid dienone is 1. The van der Waals surface area contributed by atoms with Gasteiger partial charge in [0.05, 0.1) is 13.1 Å². The Bertz CT molecular complexity index is 458. The molecule has 162 valence electrons. The molecule has 0 bridgehead atoms. The minimum Gasteiger partial charge on any atom is -0.374 e. The Labute approximate surface area is 173 Å². The molecular formula is C23H44N4O. The maximum Gasteiger partial charge on any atom is 0.166 e. The molecule has 1 atom stereocenters. The lowest BCUT2D eigenvalue weighted by molar-refractivity contribution is 0.181. The highest BCUT2D eigenvalue weighted by atomic mass is 16.3. The molecule has 0 saturated carbocycles. The number of amidine groups is 2. The molecule has 0 aromatic heterocycles. The van der Waals surface area contributed by atoms with Gasteiger partial charge in [-0.25, -0.2) is 0 Å². The summed E-state index contributed by atoms with van der Waals surface area (Å²) in [6, 6.07) is 0. The summed E-state index contributed by atoms with van der Waals surface area (Å²) in [5.41, 5.74) is 0. The van der Waals surface area contributed by atoms with E-state index in [4.69, 9.17) is 0 Å². The van der Waals surface area contributed by atoms with Crippen molar-refractivity contribution in [3.8, 4) is 0 Å². The van der Waals surface area contributed by atoms with E-state index < -0.39 is 6.23 Å². The topological polar surface area (TPSA) is 69.0 Å². The third kappa shape index (κ3) is 13.8. The smallest absolute Gasteiger partial charge is 0.166 e. The highest BCUT2D eigenvalue weighted by Crippen LogP contribution is 2.12. The van der Waals surface area contributed by atoms with Crippen molar-refractivity contribution in [2.45, 2.75) is 104 Å². The van der Waals surface area contributed by atoms with Gasteiger partial charge in [-0.15, -0.1) is 0 Å². The molecule has 1 rings (SSSR count). The number of hydrogen-bond acceptors (Lipinski definition) is 4. The first-order chi connectivity index (χ1) is 13.7. The molecule has 0 radical (unpaired) electrons. The summed E-state index contributed by atoms with van der Waals surface area (Å²) in [5.74, 6) is 1.41. The Morgan fingerprint density at radius 1 is 1.04 bits per heavy atom. The molecule has 1 aliphatic heterocycles.